The molecule has 0 aliphatic heterocycles. The van der Waals surface area contributed by atoms with Crippen LogP contribution in [-0.2, 0) is 18.9 Å². The van der Waals surface area contributed by atoms with Crippen molar-refractivity contribution in [2.75, 3.05) is 30.9 Å². The zero-order chi connectivity index (χ0) is 21.8. The first-order valence-electron chi connectivity index (χ1n) is 10.1. The van der Waals surface area contributed by atoms with Crippen LogP contribution < -0.4 is 0 Å². The van der Waals surface area contributed by atoms with Crippen molar-refractivity contribution >= 4 is 40.0 Å². The highest BCUT2D eigenvalue weighted by Crippen LogP contribution is 2.62. The summed E-state index contributed by atoms with van der Waals surface area (Å²) in [6, 6.07) is 7.71. The third-order valence-corrected chi connectivity index (χ3v) is 9.95. The number of aliphatic imine (C=N–C) groups is 1. The molecular weight excluding hydrogens is 427 g/mol. The molecule has 0 aliphatic carbocycles. The molecule has 0 saturated carbocycles. The van der Waals surface area contributed by atoms with Crippen LogP contribution in [0, 0.1) is 6.92 Å². The van der Waals surface area contributed by atoms with Gasteiger partial charge in [0.1, 0.15) is 9.84 Å². The molecule has 6 nitrogen and oxygen atoms in total. The monoisotopic (exact) mass is 462 g/mol. The van der Waals surface area contributed by atoms with E-state index >= 15 is 0 Å². The molecule has 166 valence electrons. The minimum absolute atomic E-state index is 0.0369. The van der Waals surface area contributed by atoms with Crippen molar-refractivity contribution in [3.8, 4) is 0 Å². The second kappa shape index (κ2) is 13.5. The first kappa shape index (κ1) is 26.2. The van der Waals surface area contributed by atoms with E-state index < -0.39 is 16.6 Å². The molecule has 29 heavy (non-hydrogen) atoms. The summed E-state index contributed by atoms with van der Waals surface area (Å²) in [6.45, 7) is 3.40. The van der Waals surface area contributed by atoms with Gasteiger partial charge in [-0.2, -0.15) is 0 Å². The van der Waals surface area contributed by atoms with E-state index in [-0.39, 0.29) is 5.75 Å². The van der Waals surface area contributed by atoms with Crippen LogP contribution in [0.4, 0.5) is 5.69 Å². The summed E-state index contributed by atoms with van der Waals surface area (Å²) in [5.74, 6) is 0.771. The van der Waals surface area contributed by atoms with Crippen LogP contribution in [0.3, 0.4) is 0 Å². The van der Waals surface area contributed by atoms with Gasteiger partial charge in [-0.05, 0) is 50.2 Å². The van der Waals surface area contributed by atoms with Crippen LogP contribution in [0.25, 0.3) is 0 Å². The Morgan fingerprint density at radius 3 is 2.41 bits per heavy atom. The Kier molecular flexibility index (Phi) is 12.2. The van der Waals surface area contributed by atoms with E-state index in [0.717, 1.165) is 42.7 Å². The van der Waals surface area contributed by atoms with E-state index in [9.17, 15) is 13.0 Å². The number of aryl methyl sites for hydroxylation is 1. The van der Waals surface area contributed by atoms with Crippen molar-refractivity contribution in [1.82, 2.24) is 4.67 Å². The van der Waals surface area contributed by atoms with Crippen molar-refractivity contribution < 1.29 is 17.5 Å². The first-order chi connectivity index (χ1) is 13.7. The lowest BCUT2D eigenvalue weighted by atomic mass is 10.2. The van der Waals surface area contributed by atoms with Gasteiger partial charge in [0.25, 0.3) is 0 Å². The van der Waals surface area contributed by atoms with E-state index in [1.54, 1.807) is 11.0 Å². The van der Waals surface area contributed by atoms with Crippen LogP contribution in [0.15, 0.2) is 29.3 Å². The lowest BCUT2D eigenvalue weighted by Gasteiger charge is -2.28. The van der Waals surface area contributed by atoms with E-state index in [0.29, 0.717) is 19.6 Å². The number of nitrogens with zero attached hydrogens (tertiary/aromatic N) is 2. The molecule has 0 spiro atoms. The van der Waals surface area contributed by atoms with Gasteiger partial charge in [-0.15, -0.1) is 0 Å². The Morgan fingerprint density at radius 1 is 1.14 bits per heavy atom. The summed E-state index contributed by atoms with van der Waals surface area (Å²) in [5, 5.41) is 0. The standard InChI is InChI=1S/C20H35N2O4PS2/c1-5-7-8-9-16-28-27(23,26-6-2)22(15-10-17-29(4,24)25)18-21-20-13-11-19(3)12-14-20/h11-14,18H,5-10,15-17H2,1-4H3. The third kappa shape index (κ3) is 11.2. The second-order valence-electron chi connectivity index (χ2n) is 7.01. The molecule has 0 amide bonds. The number of benzene rings is 1. The van der Waals surface area contributed by atoms with Gasteiger partial charge in [-0.3, -0.25) is 9.24 Å². The van der Waals surface area contributed by atoms with Crippen molar-refractivity contribution in [1.29, 1.82) is 0 Å². The Hall–Kier alpha value is -0.820. The Morgan fingerprint density at radius 2 is 1.83 bits per heavy atom. The molecule has 1 rings (SSSR count). The molecule has 0 radical (unpaired) electrons. The minimum atomic E-state index is -3.20. The lowest BCUT2D eigenvalue weighted by Crippen LogP contribution is -2.22. The topological polar surface area (TPSA) is 76.0 Å². The summed E-state index contributed by atoms with van der Waals surface area (Å²) in [6.07, 6.45) is 7.50. The summed E-state index contributed by atoms with van der Waals surface area (Å²) in [4.78, 5) is 4.45. The van der Waals surface area contributed by atoms with Crippen LogP contribution in [0.5, 0.6) is 0 Å². The quantitative estimate of drug-likeness (QED) is 0.141. The summed E-state index contributed by atoms with van der Waals surface area (Å²) < 4.78 is 43.9. The summed E-state index contributed by atoms with van der Waals surface area (Å²) in [7, 11) is -3.09. The molecule has 0 aromatic heterocycles. The van der Waals surface area contributed by atoms with Gasteiger partial charge in [-0.25, -0.2) is 13.4 Å². The van der Waals surface area contributed by atoms with Crippen LogP contribution >= 0.6 is 18.1 Å². The molecule has 0 saturated heterocycles. The number of sulfone groups is 1. The van der Waals surface area contributed by atoms with Gasteiger partial charge in [0, 0.05) is 18.6 Å². The average Bonchev–Trinajstić information content (AvgIpc) is 2.65. The molecule has 0 heterocycles. The van der Waals surface area contributed by atoms with Crippen molar-refractivity contribution in [2.45, 2.75) is 52.9 Å². The average molecular weight is 463 g/mol. The first-order valence-corrected chi connectivity index (χ1v) is 15.4. The smallest absolute Gasteiger partial charge is 0.306 e. The molecular formula is C20H35N2O4PS2. The molecule has 1 unspecified atom stereocenters. The number of hydrogen-bond donors (Lipinski definition) is 0. The van der Waals surface area contributed by atoms with Gasteiger partial charge in [0.2, 0.25) is 0 Å². The van der Waals surface area contributed by atoms with Gasteiger partial charge in [0.05, 0.1) is 24.4 Å². The zero-order valence-electron chi connectivity index (χ0n) is 18.0. The molecule has 0 aliphatic rings. The zero-order valence-corrected chi connectivity index (χ0v) is 20.6. The molecule has 0 bridgehead atoms. The largest absolute Gasteiger partial charge is 0.354 e. The SMILES string of the molecule is CCCCCCSP(=O)(OCC)N(C=Nc1ccc(C)cc1)CCCS(C)(=O)=O. The maximum absolute atomic E-state index is 13.6. The summed E-state index contributed by atoms with van der Waals surface area (Å²) in [5.41, 5.74) is 1.89. The molecule has 1 aromatic carbocycles. The minimum Gasteiger partial charge on any atom is -0.306 e. The second-order valence-corrected chi connectivity index (χ2v) is 13.8. The fourth-order valence-corrected chi connectivity index (χ4v) is 7.47. The van der Waals surface area contributed by atoms with E-state index in [2.05, 4.69) is 11.9 Å². The molecule has 9 heteroatoms. The maximum Gasteiger partial charge on any atom is 0.354 e. The van der Waals surface area contributed by atoms with E-state index in [1.807, 2.05) is 38.1 Å². The fraction of sp³-hybridized carbons (Fsp3) is 0.650. The molecule has 1 atom stereocenters. The number of rotatable bonds is 15. The van der Waals surface area contributed by atoms with Crippen molar-refractivity contribution in [3.05, 3.63) is 29.8 Å². The molecule has 1 aromatic rings. The Labute approximate surface area is 180 Å². The molecule has 0 N–H and O–H groups in total. The van der Waals surface area contributed by atoms with Crippen molar-refractivity contribution in [2.24, 2.45) is 4.99 Å². The normalized spacial score (nSPS) is 14.2. The van der Waals surface area contributed by atoms with E-state index in [1.165, 1.54) is 17.6 Å². The fourth-order valence-electron chi connectivity index (χ4n) is 2.55. The Bertz CT molecular complexity index is 767. The van der Waals surface area contributed by atoms with Gasteiger partial charge < -0.3 is 4.52 Å². The van der Waals surface area contributed by atoms with Crippen LogP contribution in [-0.4, -0.2) is 50.3 Å². The highest BCUT2D eigenvalue weighted by molar-refractivity contribution is 8.55. The van der Waals surface area contributed by atoms with E-state index in [4.69, 9.17) is 4.52 Å². The maximum atomic E-state index is 13.6. The van der Waals surface area contributed by atoms with Crippen molar-refractivity contribution in [3.63, 3.8) is 0 Å². The van der Waals surface area contributed by atoms with Crippen LogP contribution in [0.1, 0.15) is 51.5 Å². The predicted octanol–water partition coefficient (Wildman–Crippen LogP) is 5.85. The third-order valence-electron chi connectivity index (χ3n) is 4.14. The highest BCUT2D eigenvalue weighted by atomic mass is 32.7. The Balaban J connectivity index is 2.95. The molecule has 0 fully saturated rings. The summed E-state index contributed by atoms with van der Waals surface area (Å²) >= 11 is 1.32. The highest BCUT2D eigenvalue weighted by Gasteiger charge is 2.30. The predicted molar refractivity (Wildman–Crippen MR) is 126 cm³/mol. The van der Waals surface area contributed by atoms with Gasteiger partial charge in [0.15, 0.2) is 0 Å². The lowest BCUT2D eigenvalue weighted by molar-refractivity contribution is 0.317. The number of hydrogen-bond acceptors (Lipinski definition) is 6. The van der Waals surface area contributed by atoms with Gasteiger partial charge >= 0.3 is 6.72 Å². The van der Waals surface area contributed by atoms with Gasteiger partial charge in [-0.1, -0.05) is 43.9 Å². The number of unbranched alkanes of at least 4 members (excludes halogenated alkanes) is 3. The van der Waals surface area contributed by atoms with Crippen LogP contribution in [0.2, 0.25) is 0 Å².